The Hall–Kier alpha value is -1.59. The number of nitrogens with two attached hydrogens (primary N) is 1. The van der Waals surface area contributed by atoms with Crippen molar-refractivity contribution in [3.8, 4) is 0 Å². The first-order valence-electron chi connectivity index (χ1n) is 3.98. The summed E-state index contributed by atoms with van der Waals surface area (Å²) in [6, 6.07) is -0.698. The number of fused-ring (bicyclic) bond motifs is 1. The van der Waals surface area contributed by atoms with Crippen LogP contribution in [0.5, 0.6) is 0 Å². The highest BCUT2D eigenvalue weighted by Gasteiger charge is 2.52. The fraction of sp³-hybridized carbons (Fsp3) is 0.571. The molecule has 3 unspecified atom stereocenters. The summed E-state index contributed by atoms with van der Waals surface area (Å²) in [5.41, 5.74) is 5.07. The Balaban J connectivity index is 2.27. The molecule has 6 heteroatoms. The number of hydrogen-bond acceptors (Lipinski definition) is 3. The first-order chi connectivity index (χ1) is 6.11. The quantitative estimate of drug-likeness (QED) is 0.386. The molecule has 0 aromatic carbocycles. The topological polar surface area (TPSA) is 101 Å². The average Bonchev–Trinajstić information content (AvgIpc) is 2.55. The summed E-state index contributed by atoms with van der Waals surface area (Å²) in [7, 11) is 0. The first-order valence-corrected chi connectivity index (χ1v) is 3.98. The highest BCUT2D eigenvalue weighted by molar-refractivity contribution is 6.06. The summed E-state index contributed by atoms with van der Waals surface area (Å²) in [6.07, 6.45) is 0. The molecule has 0 saturated carbocycles. The molecule has 3 atom stereocenters. The molecule has 6 nitrogen and oxygen atoms in total. The van der Waals surface area contributed by atoms with E-state index in [9.17, 15) is 14.4 Å². The number of amides is 3. The van der Waals surface area contributed by atoms with E-state index >= 15 is 0 Å². The molecule has 0 aromatic heterocycles. The molecule has 4 N–H and O–H groups in total. The van der Waals surface area contributed by atoms with E-state index in [2.05, 4.69) is 10.6 Å². The van der Waals surface area contributed by atoms with Crippen molar-refractivity contribution in [1.82, 2.24) is 10.6 Å². The highest BCUT2D eigenvalue weighted by atomic mass is 16.2. The molecule has 13 heavy (non-hydrogen) atoms. The van der Waals surface area contributed by atoms with Crippen molar-refractivity contribution >= 4 is 17.7 Å². The van der Waals surface area contributed by atoms with Gasteiger partial charge < -0.3 is 16.4 Å². The predicted molar refractivity (Wildman–Crippen MR) is 41.1 cm³/mol. The molecule has 0 radical (unpaired) electrons. The maximum absolute atomic E-state index is 11.2. The monoisotopic (exact) mass is 183 g/mol. The van der Waals surface area contributed by atoms with Gasteiger partial charge in [0.2, 0.25) is 17.7 Å². The molecular weight excluding hydrogens is 174 g/mol. The Morgan fingerprint density at radius 3 is 2.69 bits per heavy atom. The Kier molecular flexibility index (Phi) is 1.51. The van der Waals surface area contributed by atoms with Crippen LogP contribution in [-0.2, 0) is 14.4 Å². The Morgan fingerprint density at radius 2 is 2.08 bits per heavy atom. The summed E-state index contributed by atoms with van der Waals surface area (Å²) in [5, 5.41) is 4.94. The van der Waals surface area contributed by atoms with E-state index in [-0.39, 0.29) is 11.8 Å². The van der Waals surface area contributed by atoms with Crippen LogP contribution in [0.25, 0.3) is 0 Å². The van der Waals surface area contributed by atoms with Crippen molar-refractivity contribution in [3.63, 3.8) is 0 Å². The molecule has 0 aromatic rings. The second-order valence-electron chi connectivity index (χ2n) is 3.28. The number of carbonyl (C=O) groups excluding carboxylic acids is 3. The van der Waals surface area contributed by atoms with Gasteiger partial charge in [0.25, 0.3) is 0 Å². The third kappa shape index (κ3) is 0.980. The van der Waals surface area contributed by atoms with E-state index in [1.165, 1.54) is 0 Å². The molecule has 2 heterocycles. The lowest BCUT2D eigenvalue weighted by Crippen LogP contribution is -2.43. The molecule has 2 aliphatic rings. The van der Waals surface area contributed by atoms with Crippen LogP contribution in [0, 0.1) is 11.8 Å². The number of nitrogens with one attached hydrogen (secondary N) is 2. The lowest BCUT2D eigenvalue weighted by Gasteiger charge is -2.10. The average molecular weight is 183 g/mol. The molecular formula is C7H9N3O3. The largest absolute Gasteiger partial charge is 0.368 e. The SMILES string of the molecule is NC(=O)C1NC(=O)C2C(=O)NCC12. The maximum Gasteiger partial charge on any atom is 0.240 e. The summed E-state index contributed by atoms with van der Waals surface area (Å²) in [5.74, 6) is -2.33. The summed E-state index contributed by atoms with van der Waals surface area (Å²) in [6.45, 7) is 0.343. The molecule has 2 rings (SSSR count). The zero-order valence-electron chi connectivity index (χ0n) is 6.74. The van der Waals surface area contributed by atoms with Crippen LogP contribution >= 0.6 is 0 Å². The molecule has 2 saturated heterocycles. The van der Waals surface area contributed by atoms with E-state index in [1.54, 1.807) is 0 Å². The summed E-state index contributed by atoms with van der Waals surface area (Å²) < 4.78 is 0. The smallest absolute Gasteiger partial charge is 0.240 e. The van der Waals surface area contributed by atoms with E-state index in [1.807, 2.05) is 0 Å². The van der Waals surface area contributed by atoms with Gasteiger partial charge in [-0.1, -0.05) is 0 Å². The van der Waals surface area contributed by atoms with Gasteiger partial charge in [-0.3, -0.25) is 14.4 Å². The minimum atomic E-state index is -0.725. The van der Waals surface area contributed by atoms with E-state index in [4.69, 9.17) is 5.73 Å². The van der Waals surface area contributed by atoms with Crippen molar-refractivity contribution in [3.05, 3.63) is 0 Å². The molecule has 2 fully saturated rings. The van der Waals surface area contributed by atoms with E-state index < -0.39 is 23.8 Å². The van der Waals surface area contributed by atoms with Crippen LogP contribution in [0.4, 0.5) is 0 Å². The number of carbonyl (C=O) groups is 3. The highest BCUT2D eigenvalue weighted by Crippen LogP contribution is 2.27. The van der Waals surface area contributed by atoms with Gasteiger partial charge in [-0.25, -0.2) is 0 Å². The van der Waals surface area contributed by atoms with Gasteiger partial charge in [0, 0.05) is 12.5 Å². The molecule has 2 aliphatic heterocycles. The van der Waals surface area contributed by atoms with Crippen molar-refractivity contribution in [1.29, 1.82) is 0 Å². The van der Waals surface area contributed by atoms with Gasteiger partial charge in [-0.05, 0) is 0 Å². The van der Waals surface area contributed by atoms with Crippen LogP contribution in [0.3, 0.4) is 0 Å². The van der Waals surface area contributed by atoms with Crippen molar-refractivity contribution in [2.75, 3.05) is 6.54 Å². The van der Waals surface area contributed by atoms with Gasteiger partial charge in [-0.15, -0.1) is 0 Å². The second-order valence-corrected chi connectivity index (χ2v) is 3.28. The minimum absolute atomic E-state index is 0.308. The van der Waals surface area contributed by atoms with Crippen molar-refractivity contribution in [2.24, 2.45) is 17.6 Å². The maximum atomic E-state index is 11.2. The third-order valence-corrected chi connectivity index (χ3v) is 2.54. The number of rotatable bonds is 1. The Bertz CT molecular complexity index is 301. The Morgan fingerprint density at radius 1 is 1.38 bits per heavy atom. The van der Waals surface area contributed by atoms with Crippen molar-refractivity contribution in [2.45, 2.75) is 6.04 Å². The predicted octanol–water partition coefficient (Wildman–Crippen LogP) is -2.67. The summed E-state index contributed by atoms with van der Waals surface area (Å²) in [4.78, 5) is 33.2. The fourth-order valence-electron chi connectivity index (χ4n) is 1.90. The number of primary amides is 1. The normalized spacial score (nSPS) is 36.8. The molecule has 3 amide bonds. The lowest BCUT2D eigenvalue weighted by atomic mass is 9.93. The van der Waals surface area contributed by atoms with Gasteiger partial charge in [0.1, 0.15) is 12.0 Å². The fourth-order valence-corrected chi connectivity index (χ4v) is 1.90. The van der Waals surface area contributed by atoms with Gasteiger partial charge in [0.05, 0.1) is 0 Å². The van der Waals surface area contributed by atoms with Crippen LogP contribution in [-0.4, -0.2) is 30.3 Å². The summed E-state index contributed by atoms with van der Waals surface area (Å²) >= 11 is 0. The third-order valence-electron chi connectivity index (χ3n) is 2.54. The first kappa shape index (κ1) is 8.03. The van der Waals surface area contributed by atoms with Gasteiger partial charge >= 0.3 is 0 Å². The standard InChI is InChI=1S/C7H9N3O3/c8-5(11)4-2-1-9-6(12)3(2)7(13)10-4/h2-4H,1H2,(H2,8,11)(H,9,12)(H,10,13). The van der Waals surface area contributed by atoms with Crippen LogP contribution in [0.2, 0.25) is 0 Å². The molecule has 70 valence electrons. The lowest BCUT2D eigenvalue weighted by molar-refractivity contribution is -0.132. The number of hydrogen-bond donors (Lipinski definition) is 3. The minimum Gasteiger partial charge on any atom is -0.368 e. The van der Waals surface area contributed by atoms with Crippen LogP contribution in [0.1, 0.15) is 0 Å². The van der Waals surface area contributed by atoms with Crippen LogP contribution in [0.15, 0.2) is 0 Å². The molecule has 0 aliphatic carbocycles. The van der Waals surface area contributed by atoms with Crippen LogP contribution < -0.4 is 16.4 Å². The zero-order valence-corrected chi connectivity index (χ0v) is 6.74. The van der Waals surface area contributed by atoms with Gasteiger partial charge in [-0.2, -0.15) is 0 Å². The van der Waals surface area contributed by atoms with Crippen molar-refractivity contribution < 1.29 is 14.4 Å². The molecule has 0 bridgehead atoms. The van der Waals surface area contributed by atoms with E-state index in [0.29, 0.717) is 6.54 Å². The second kappa shape index (κ2) is 2.45. The molecule has 0 spiro atoms. The zero-order chi connectivity index (χ0) is 9.59. The Labute approximate surface area is 73.8 Å². The van der Waals surface area contributed by atoms with E-state index in [0.717, 1.165) is 0 Å². The van der Waals surface area contributed by atoms with Gasteiger partial charge in [0.15, 0.2) is 0 Å².